The van der Waals surface area contributed by atoms with Gasteiger partial charge in [0.05, 0.1) is 0 Å². The molecule has 3 heterocycles. The number of nitrogens with one attached hydrogen (secondary N) is 2. The van der Waals surface area contributed by atoms with Crippen molar-refractivity contribution >= 4 is 28.8 Å². The van der Waals surface area contributed by atoms with Crippen LogP contribution in [0.1, 0.15) is 45.1 Å². The van der Waals surface area contributed by atoms with E-state index in [-0.39, 0.29) is 23.0 Å². The summed E-state index contributed by atoms with van der Waals surface area (Å²) in [5.74, 6) is 0.0252. The summed E-state index contributed by atoms with van der Waals surface area (Å²) in [5, 5.41) is 10.3. The van der Waals surface area contributed by atoms with Gasteiger partial charge in [0.15, 0.2) is 5.78 Å². The lowest BCUT2D eigenvalue weighted by molar-refractivity contribution is -0.118. The predicted molar refractivity (Wildman–Crippen MR) is 111 cm³/mol. The number of Topliss-reactive ketones (excluding diaryl/α,β-unsaturated/α-hetero) is 1. The van der Waals surface area contributed by atoms with Gasteiger partial charge in [0.25, 0.3) is 5.91 Å². The molecule has 0 unspecified atom stereocenters. The number of rotatable bonds is 3. The highest BCUT2D eigenvalue weighted by Crippen LogP contribution is 2.47. The summed E-state index contributed by atoms with van der Waals surface area (Å²) >= 11 is 1.57. The van der Waals surface area contributed by atoms with Gasteiger partial charge in [-0.2, -0.15) is 11.3 Å². The fourth-order valence-corrected chi connectivity index (χ4v) is 4.82. The monoisotopic (exact) mass is 393 g/mol. The summed E-state index contributed by atoms with van der Waals surface area (Å²) in [4.78, 5) is 30.5. The molecule has 2 aromatic heterocycles. The van der Waals surface area contributed by atoms with Crippen molar-refractivity contribution in [2.45, 2.75) is 39.5 Å². The first-order valence-electron chi connectivity index (χ1n) is 9.34. The highest BCUT2D eigenvalue weighted by atomic mass is 32.1. The molecule has 0 saturated heterocycles. The number of hydrogen-bond donors (Lipinski definition) is 2. The summed E-state index contributed by atoms with van der Waals surface area (Å²) in [6.45, 7) is 6.12. The molecule has 2 aliphatic rings. The van der Waals surface area contributed by atoms with Crippen LogP contribution < -0.4 is 10.6 Å². The van der Waals surface area contributed by atoms with E-state index >= 15 is 0 Å². The quantitative estimate of drug-likeness (QED) is 0.811. The number of nitrogens with zero attached hydrogens (tertiary/aromatic N) is 1. The van der Waals surface area contributed by atoms with Gasteiger partial charge in [0.1, 0.15) is 5.82 Å². The van der Waals surface area contributed by atoms with Crippen LogP contribution in [-0.2, 0) is 9.59 Å². The summed E-state index contributed by atoms with van der Waals surface area (Å²) in [6.07, 6.45) is 2.92. The lowest BCUT2D eigenvalue weighted by Gasteiger charge is -2.39. The lowest BCUT2D eigenvalue weighted by atomic mass is 9.69. The van der Waals surface area contributed by atoms with Crippen molar-refractivity contribution in [3.05, 3.63) is 69.3 Å². The molecule has 1 atom stereocenters. The van der Waals surface area contributed by atoms with Crippen LogP contribution in [0.5, 0.6) is 0 Å². The second kappa shape index (κ2) is 7.02. The van der Waals surface area contributed by atoms with Crippen LogP contribution in [0.2, 0.25) is 0 Å². The lowest BCUT2D eigenvalue weighted by Crippen LogP contribution is -2.39. The van der Waals surface area contributed by atoms with E-state index in [1.807, 2.05) is 29.8 Å². The van der Waals surface area contributed by atoms with Crippen molar-refractivity contribution in [3.8, 4) is 0 Å². The van der Waals surface area contributed by atoms with Crippen LogP contribution in [0, 0.1) is 5.41 Å². The molecule has 4 rings (SSSR count). The van der Waals surface area contributed by atoms with Gasteiger partial charge in [-0.1, -0.05) is 19.9 Å². The SMILES string of the molecule is CC1=C(C(=O)Nc2ccccn2)[C@@H](c2ccsc2)C2=C(CC(C)(C)CC2=O)N1. The number of carbonyl (C=O) groups excluding carboxylic acids is 2. The number of ketones is 1. The zero-order valence-electron chi connectivity index (χ0n) is 16.2. The molecule has 0 saturated carbocycles. The van der Waals surface area contributed by atoms with Crippen molar-refractivity contribution in [3.63, 3.8) is 0 Å². The van der Waals surface area contributed by atoms with E-state index in [9.17, 15) is 9.59 Å². The van der Waals surface area contributed by atoms with Gasteiger partial charge in [0.2, 0.25) is 0 Å². The van der Waals surface area contributed by atoms with E-state index in [4.69, 9.17) is 0 Å². The number of anilines is 1. The average molecular weight is 394 g/mol. The Morgan fingerprint density at radius 1 is 1.29 bits per heavy atom. The zero-order chi connectivity index (χ0) is 19.9. The molecule has 0 spiro atoms. The fourth-order valence-electron chi connectivity index (χ4n) is 4.13. The highest BCUT2D eigenvalue weighted by molar-refractivity contribution is 7.08. The Hall–Kier alpha value is -2.73. The molecule has 0 aromatic carbocycles. The maximum Gasteiger partial charge on any atom is 0.255 e. The summed E-state index contributed by atoms with van der Waals surface area (Å²) < 4.78 is 0. The number of dihydropyridines is 1. The van der Waals surface area contributed by atoms with Crippen molar-refractivity contribution in [2.75, 3.05) is 5.32 Å². The number of hydrogen-bond acceptors (Lipinski definition) is 5. The van der Waals surface area contributed by atoms with E-state index < -0.39 is 0 Å². The number of amides is 1. The van der Waals surface area contributed by atoms with Crippen LogP contribution in [0.15, 0.2) is 63.8 Å². The molecule has 1 amide bonds. The van der Waals surface area contributed by atoms with Gasteiger partial charge in [-0.15, -0.1) is 0 Å². The maximum absolute atomic E-state index is 13.2. The molecule has 0 bridgehead atoms. The molecular formula is C22H23N3O2S. The number of carbonyl (C=O) groups is 2. The van der Waals surface area contributed by atoms with Crippen molar-refractivity contribution < 1.29 is 9.59 Å². The fraction of sp³-hybridized carbons (Fsp3) is 0.318. The van der Waals surface area contributed by atoms with Crippen molar-refractivity contribution in [2.24, 2.45) is 5.41 Å². The third kappa shape index (κ3) is 3.40. The Balaban J connectivity index is 1.78. The first kappa shape index (κ1) is 18.6. The topological polar surface area (TPSA) is 71.1 Å². The molecular weight excluding hydrogens is 370 g/mol. The Morgan fingerprint density at radius 3 is 2.79 bits per heavy atom. The normalized spacial score (nSPS) is 21.2. The summed E-state index contributed by atoms with van der Waals surface area (Å²) in [6, 6.07) is 7.38. The van der Waals surface area contributed by atoms with E-state index in [0.29, 0.717) is 17.8 Å². The molecule has 2 N–H and O–H groups in total. The molecule has 5 nitrogen and oxygen atoms in total. The average Bonchev–Trinajstić information content (AvgIpc) is 3.14. The molecule has 1 aliphatic carbocycles. The Labute approximate surface area is 168 Å². The molecule has 0 radical (unpaired) electrons. The van der Waals surface area contributed by atoms with Crippen LogP contribution in [-0.4, -0.2) is 16.7 Å². The van der Waals surface area contributed by atoms with Gasteiger partial charge in [-0.05, 0) is 53.3 Å². The molecule has 28 heavy (non-hydrogen) atoms. The minimum atomic E-state index is -0.352. The molecule has 2 aromatic rings. The van der Waals surface area contributed by atoms with Gasteiger partial charge in [0, 0.05) is 41.1 Å². The molecule has 144 valence electrons. The summed E-state index contributed by atoms with van der Waals surface area (Å²) in [7, 11) is 0. The highest BCUT2D eigenvalue weighted by Gasteiger charge is 2.42. The second-order valence-corrected chi connectivity index (χ2v) is 8.94. The van der Waals surface area contributed by atoms with Crippen LogP contribution >= 0.6 is 11.3 Å². The van der Waals surface area contributed by atoms with E-state index in [1.165, 1.54) is 0 Å². The van der Waals surface area contributed by atoms with Crippen molar-refractivity contribution in [1.82, 2.24) is 10.3 Å². The Bertz CT molecular complexity index is 988. The molecule has 1 aliphatic heterocycles. The van der Waals surface area contributed by atoms with Gasteiger partial charge in [-0.25, -0.2) is 4.98 Å². The Morgan fingerprint density at radius 2 is 2.11 bits per heavy atom. The first-order valence-corrected chi connectivity index (χ1v) is 10.3. The minimum absolute atomic E-state index is 0.0872. The van der Waals surface area contributed by atoms with Gasteiger partial charge < -0.3 is 10.6 Å². The van der Waals surface area contributed by atoms with Gasteiger partial charge in [-0.3, -0.25) is 9.59 Å². The third-order valence-electron chi connectivity index (χ3n) is 5.27. The van der Waals surface area contributed by atoms with Crippen LogP contribution in [0.3, 0.4) is 0 Å². The predicted octanol–water partition coefficient (Wildman–Crippen LogP) is 4.39. The van der Waals surface area contributed by atoms with E-state index in [1.54, 1.807) is 29.7 Å². The zero-order valence-corrected chi connectivity index (χ0v) is 17.0. The molecule has 0 fully saturated rings. The van der Waals surface area contributed by atoms with Gasteiger partial charge >= 0.3 is 0 Å². The van der Waals surface area contributed by atoms with Crippen molar-refractivity contribution in [1.29, 1.82) is 0 Å². The number of thiophene rings is 1. The smallest absolute Gasteiger partial charge is 0.255 e. The summed E-state index contributed by atoms with van der Waals surface area (Å²) in [5.41, 5.74) is 3.94. The van der Waals surface area contributed by atoms with E-state index in [2.05, 4.69) is 29.5 Å². The van der Waals surface area contributed by atoms with E-state index in [0.717, 1.165) is 29.0 Å². The number of pyridine rings is 1. The molecule has 6 heteroatoms. The first-order chi connectivity index (χ1) is 13.4. The number of allylic oxidation sites excluding steroid dienone is 3. The third-order valence-corrected chi connectivity index (χ3v) is 5.97. The van der Waals surface area contributed by atoms with Crippen LogP contribution in [0.25, 0.3) is 0 Å². The Kier molecular flexibility index (Phi) is 4.67. The second-order valence-electron chi connectivity index (χ2n) is 8.16. The largest absolute Gasteiger partial charge is 0.362 e. The number of aromatic nitrogens is 1. The minimum Gasteiger partial charge on any atom is -0.362 e. The van der Waals surface area contributed by atoms with Crippen LogP contribution in [0.4, 0.5) is 5.82 Å². The standard InChI is InChI=1S/C22H23N3O2S/c1-13-18(21(27)25-17-6-4-5-8-23-17)19(14-7-9-28-12-14)20-15(24-13)10-22(2,3)11-16(20)26/h4-9,12,19,24H,10-11H2,1-3H3,(H,23,25,27)/t19-/m1/s1. The maximum atomic E-state index is 13.2.